The molecule has 180 valence electrons. The van der Waals surface area contributed by atoms with Gasteiger partial charge in [-0.15, -0.1) is 0 Å². The average molecular weight is 466 g/mol. The molecule has 0 saturated heterocycles. The number of ether oxygens (including phenoxy) is 1. The van der Waals surface area contributed by atoms with E-state index in [9.17, 15) is 19.2 Å². The van der Waals surface area contributed by atoms with Crippen LogP contribution in [0, 0.1) is 5.92 Å². The highest BCUT2D eigenvalue weighted by Gasteiger charge is 2.21. The van der Waals surface area contributed by atoms with Crippen molar-refractivity contribution in [2.45, 2.75) is 51.4 Å². The van der Waals surface area contributed by atoms with Gasteiger partial charge in [0.1, 0.15) is 0 Å². The smallest absolute Gasteiger partial charge is 0.306 e. The summed E-state index contributed by atoms with van der Waals surface area (Å²) in [4.78, 5) is 48.3. The zero-order chi connectivity index (χ0) is 24.2. The topological polar surface area (TPSA) is 114 Å². The van der Waals surface area contributed by atoms with Crippen LogP contribution in [-0.4, -0.2) is 30.3 Å². The standard InChI is InChI=1S/C26H31N3O5/c30-23(15-16-24(31)34-18-17-19-7-3-1-4-8-19)28-29-26(33)21-11-13-22(14-12-21)27-25(32)20-9-5-2-6-10-20/h1,3-4,7-8,11-14,20H,2,5-6,9-10,15-18H2,(H,27,32)(H,28,30)(H,29,33). The van der Waals surface area contributed by atoms with E-state index in [1.807, 2.05) is 30.3 Å². The van der Waals surface area contributed by atoms with Crippen LogP contribution in [0.3, 0.4) is 0 Å². The third-order valence-corrected chi connectivity index (χ3v) is 5.76. The number of benzene rings is 2. The average Bonchev–Trinajstić information content (AvgIpc) is 2.87. The summed E-state index contributed by atoms with van der Waals surface area (Å²) in [6.45, 7) is 0.248. The van der Waals surface area contributed by atoms with Crippen LogP contribution in [0.25, 0.3) is 0 Å². The van der Waals surface area contributed by atoms with Gasteiger partial charge in [0.25, 0.3) is 5.91 Å². The molecule has 0 aliphatic heterocycles. The molecule has 3 amide bonds. The van der Waals surface area contributed by atoms with Crippen LogP contribution < -0.4 is 16.2 Å². The maximum Gasteiger partial charge on any atom is 0.306 e. The summed E-state index contributed by atoms with van der Waals surface area (Å²) in [6, 6.07) is 16.1. The fourth-order valence-corrected chi connectivity index (χ4v) is 3.79. The second-order valence-electron chi connectivity index (χ2n) is 8.36. The van der Waals surface area contributed by atoms with E-state index in [4.69, 9.17) is 4.74 Å². The van der Waals surface area contributed by atoms with Crippen molar-refractivity contribution in [3.63, 3.8) is 0 Å². The molecule has 0 atom stereocenters. The van der Waals surface area contributed by atoms with Gasteiger partial charge >= 0.3 is 5.97 Å². The SMILES string of the molecule is O=C(CCC(=O)OCCc1ccccc1)NNC(=O)c1ccc(NC(=O)C2CCCCC2)cc1. The minimum atomic E-state index is -0.496. The minimum Gasteiger partial charge on any atom is -0.465 e. The van der Waals surface area contributed by atoms with Crippen molar-refractivity contribution in [2.24, 2.45) is 5.92 Å². The number of nitrogens with one attached hydrogen (secondary N) is 3. The van der Waals surface area contributed by atoms with Gasteiger partial charge in [0, 0.05) is 30.0 Å². The van der Waals surface area contributed by atoms with Crippen LogP contribution in [-0.2, 0) is 25.5 Å². The van der Waals surface area contributed by atoms with Crippen molar-refractivity contribution < 1.29 is 23.9 Å². The highest BCUT2D eigenvalue weighted by atomic mass is 16.5. The first-order valence-corrected chi connectivity index (χ1v) is 11.7. The van der Waals surface area contributed by atoms with Crippen LogP contribution in [0.5, 0.6) is 0 Å². The number of anilines is 1. The summed E-state index contributed by atoms with van der Waals surface area (Å²) in [6.07, 6.45) is 5.61. The quantitative estimate of drug-likeness (QED) is 0.387. The van der Waals surface area contributed by atoms with E-state index in [-0.39, 0.29) is 31.3 Å². The Kier molecular flexibility index (Phi) is 9.64. The van der Waals surface area contributed by atoms with E-state index in [2.05, 4.69) is 16.2 Å². The molecule has 0 spiro atoms. The molecule has 0 heterocycles. The van der Waals surface area contributed by atoms with E-state index in [0.717, 1.165) is 31.2 Å². The van der Waals surface area contributed by atoms with Crippen LogP contribution in [0.2, 0.25) is 0 Å². The van der Waals surface area contributed by atoms with Gasteiger partial charge in [-0.1, -0.05) is 49.6 Å². The Morgan fingerprint density at radius 1 is 0.824 bits per heavy atom. The molecule has 2 aromatic carbocycles. The number of hydrogen-bond acceptors (Lipinski definition) is 5. The lowest BCUT2D eigenvalue weighted by molar-refractivity contribution is -0.144. The Morgan fingerprint density at radius 3 is 2.24 bits per heavy atom. The highest BCUT2D eigenvalue weighted by molar-refractivity contribution is 5.97. The summed E-state index contributed by atoms with van der Waals surface area (Å²) in [5.41, 5.74) is 6.64. The first kappa shape index (κ1) is 25.0. The number of carbonyl (C=O) groups is 4. The Bertz CT molecular complexity index is 970. The molecule has 0 bridgehead atoms. The van der Waals surface area contributed by atoms with Crippen LogP contribution in [0.4, 0.5) is 5.69 Å². The second-order valence-corrected chi connectivity index (χ2v) is 8.36. The zero-order valence-corrected chi connectivity index (χ0v) is 19.2. The van der Waals surface area contributed by atoms with Gasteiger partial charge in [0.15, 0.2) is 0 Å². The summed E-state index contributed by atoms with van der Waals surface area (Å²) in [5.74, 6) is -1.40. The predicted molar refractivity (Wildman–Crippen MR) is 128 cm³/mol. The normalized spacial score (nSPS) is 13.5. The molecule has 1 aliphatic rings. The van der Waals surface area contributed by atoms with Crippen molar-refractivity contribution in [1.82, 2.24) is 10.9 Å². The van der Waals surface area contributed by atoms with Crippen molar-refractivity contribution in [2.75, 3.05) is 11.9 Å². The van der Waals surface area contributed by atoms with E-state index >= 15 is 0 Å². The van der Waals surface area contributed by atoms with Gasteiger partial charge in [0.05, 0.1) is 13.0 Å². The number of hydrogen-bond donors (Lipinski definition) is 3. The number of hydrazine groups is 1. The molecule has 8 nitrogen and oxygen atoms in total. The molecule has 1 fully saturated rings. The van der Waals surface area contributed by atoms with Gasteiger partial charge in [-0.2, -0.15) is 0 Å². The summed E-state index contributed by atoms with van der Waals surface area (Å²) in [7, 11) is 0. The molecular weight excluding hydrogens is 434 g/mol. The lowest BCUT2D eigenvalue weighted by Crippen LogP contribution is -2.41. The van der Waals surface area contributed by atoms with Gasteiger partial charge in [-0.25, -0.2) is 0 Å². The van der Waals surface area contributed by atoms with E-state index in [1.54, 1.807) is 24.3 Å². The van der Waals surface area contributed by atoms with Gasteiger partial charge in [0.2, 0.25) is 11.8 Å². The van der Waals surface area contributed by atoms with Gasteiger partial charge < -0.3 is 10.1 Å². The summed E-state index contributed by atoms with van der Waals surface area (Å²) < 4.78 is 5.13. The molecular formula is C26H31N3O5. The van der Waals surface area contributed by atoms with Crippen molar-refractivity contribution in [1.29, 1.82) is 0 Å². The number of amides is 3. The summed E-state index contributed by atoms with van der Waals surface area (Å²) in [5, 5.41) is 2.89. The zero-order valence-electron chi connectivity index (χ0n) is 19.2. The molecule has 0 unspecified atom stereocenters. The third-order valence-electron chi connectivity index (χ3n) is 5.76. The largest absolute Gasteiger partial charge is 0.465 e. The molecule has 1 saturated carbocycles. The molecule has 8 heteroatoms. The van der Waals surface area contributed by atoms with Gasteiger partial charge in [-0.3, -0.25) is 30.0 Å². The van der Waals surface area contributed by atoms with Crippen LogP contribution >= 0.6 is 0 Å². The summed E-state index contributed by atoms with van der Waals surface area (Å²) >= 11 is 0. The molecule has 3 N–H and O–H groups in total. The molecule has 34 heavy (non-hydrogen) atoms. The highest BCUT2D eigenvalue weighted by Crippen LogP contribution is 2.25. The molecule has 2 aromatic rings. The van der Waals surface area contributed by atoms with Crippen LogP contribution in [0.15, 0.2) is 54.6 Å². The van der Waals surface area contributed by atoms with Gasteiger partial charge in [-0.05, 0) is 42.7 Å². The third kappa shape index (κ3) is 8.35. The maximum absolute atomic E-state index is 12.3. The number of rotatable bonds is 9. The molecule has 0 radical (unpaired) electrons. The van der Waals surface area contributed by atoms with E-state index in [0.29, 0.717) is 17.7 Å². The van der Waals surface area contributed by atoms with E-state index in [1.165, 1.54) is 6.42 Å². The first-order chi connectivity index (χ1) is 16.5. The fourth-order valence-electron chi connectivity index (χ4n) is 3.79. The lowest BCUT2D eigenvalue weighted by atomic mass is 9.88. The first-order valence-electron chi connectivity index (χ1n) is 11.7. The Labute approximate surface area is 199 Å². The van der Waals surface area contributed by atoms with E-state index < -0.39 is 17.8 Å². The Balaban J connectivity index is 1.32. The Hall–Kier alpha value is -3.68. The van der Waals surface area contributed by atoms with Crippen LogP contribution in [0.1, 0.15) is 60.9 Å². The Morgan fingerprint density at radius 2 is 1.53 bits per heavy atom. The second kappa shape index (κ2) is 13.1. The molecule has 0 aromatic heterocycles. The predicted octanol–water partition coefficient (Wildman–Crippen LogP) is 3.53. The number of carbonyl (C=O) groups excluding carboxylic acids is 4. The number of esters is 1. The molecule has 1 aliphatic carbocycles. The minimum absolute atomic E-state index is 0.0164. The van der Waals surface area contributed by atoms with Crippen molar-refractivity contribution >= 4 is 29.4 Å². The molecule has 3 rings (SSSR count). The fraction of sp³-hybridized carbons (Fsp3) is 0.385. The maximum atomic E-state index is 12.3. The van der Waals surface area contributed by atoms with Crippen molar-refractivity contribution in [3.8, 4) is 0 Å². The lowest BCUT2D eigenvalue weighted by Gasteiger charge is -2.20. The monoisotopic (exact) mass is 465 g/mol. The van der Waals surface area contributed by atoms with Crippen molar-refractivity contribution in [3.05, 3.63) is 65.7 Å².